The number of nitrogens with one attached hydrogen (secondary N) is 1. The molecule has 0 fully saturated rings. The molecule has 1 aliphatic rings. The van der Waals surface area contributed by atoms with Gasteiger partial charge in [0.1, 0.15) is 11.6 Å². The summed E-state index contributed by atoms with van der Waals surface area (Å²) in [6, 6.07) is 1.24. The number of carbonyl (C=O) groups excluding carboxylic acids is 1. The zero-order chi connectivity index (χ0) is 15.8. The fraction of sp³-hybridized carbons (Fsp3) is 0.333. The van der Waals surface area contributed by atoms with E-state index in [2.05, 4.69) is 5.10 Å². The first-order chi connectivity index (χ1) is 9.72. The van der Waals surface area contributed by atoms with Gasteiger partial charge in [-0.3, -0.25) is 0 Å². The molecule has 1 unspecified atom stereocenters. The van der Waals surface area contributed by atoms with Gasteiger partial charge >= 0.3 is 6.03 Å². The van der Waals surface area contributed by atoms with Crippen LogP contribution in [0.25, 0.3) is 0 Å². The highest BCUT2D eigenvalue weighted by molar-refractivity contribution is 7.90. The van der Waals surface area contributed by atoms with Crippen molar-refractivity contribution in [3.8, 4) is 0 Å². The molecular formula is C12H13F2N3O3S. The summed E-state index contributed by atoms with van der Waals surface area (Å²) < 4.78 is 52.5. The number of rotatable bonds is 2. The summed E-state index contributed by atoms with van der Waals surface area (Å²) in [6.07, 6.45) is 0.502. The molecule has 2 rings (SSSR count). The lowest BCUT2D eigenvalue weighted by molar-refractivity contribution is 0.196. The van der Waals surface area contributed by atoms with Gasteiger partial charge in [0.2, 0.25) is 0 Å². The Balaban J connectivity index is 2.28. The largest absolute Gasteiger partial charge is 0.351 e. The Morgan fingerprint density at radius 3 is 2.43 bits per heavy atom. The minimum atomic E-state index is -4.66. The third-order valence-corrected chi connectivity index (χ3v) is 4.28. The molecule has 1 atom stereocenters. The normalized spacial score (nSPS) is 18.6. The second kappa shape index (κ2) is 5.40. The minimum absolute atomic E-state index is 0.328. The van der Waals surface area contributed by atoms with E-state index in [9.17, 15) is 22.0 Å². The number of amides is 2. The van der Waals surface area contributed by atoms with E-state index >= 15 is 0 Å². The number of urea groups is 1. The molecule has 9 heteroatoms. The number of hydrogen-bond donors (Lipinski definition) is 1. The van der Waals surface area contributed by atoms with Crippen LogP contribution in [-0.4, -0.2) is 31.2 Å². The summed E-state index contributed by atoms with van der Waals surface area (Å²) in [5.74, 6) is -2.55. The van der Waals surface area contributed by atoms with E-state index in [-0.39, 0.29) is 6.04 Å². The van der Waals surface area contributed by atoms with Gasteiger partial charge in [0, 0.05) is 12.1 Å². The zero-order valence-corrected chi connectivity index (χ0v) is 12.1. The summed E-state index contributed by atoms with van der Waals surface area (Å²) >= 11 is 0. The van der Waals surface area contributed by atoms with Gasteiger partial charge in [0.05, 0.1) is 6.04 Å². The zero-order valence-electron chi connectivity index (χ0n) is 11.3. The monoisotopic (exact) mass is 317 g/mol. The van der Waals surface area contributed by atoms with E-state index < -0.39 is 32.6 Å². The lowest BCUT2D eigenvalue weighted by atomic mass is 10.2. The van der Waals surface area contributed by atoms with Gasteiger partial charge in [-0.25, -0.2) is 31.7 Å². The average molecular weight is 317 g/mol. The number of halogens is 2. The number of hydrazone groups is 1. The van der Waals surface area contributed by atoms with Gasteiger partial charge in [-0.05, 0) is 26.0 Å². The molecule has 0 aromatic heterocycles. The molecule has 0 saturated carbocycles. The van der Waals surface area contributed by atoms with Crippen molar-refractivity contribution in [2.75, 3.05) is 0 Å². The van der Waals surface area contributed by atoms with E-state index in [1.807, 2.05) is 0 Å². The SMILES string of the molecule is CC1=NN(C(=O)NS(=O)(=O)c2c(F)cccc2F)C(C)C1. The number of sulfonamides is 1. The molecule has 0 bridgehead atoms. The smallest absolute Gasteiger partial charge is 0.246 e. The molecule has 1 heterocycles. The molecule has 1 aromatic carbocycles. The van der Waals surface area contributed by atoms with Gasteiger partial charge in [-0.2, -0.15) is 5.10 Å². The first kappa shape index (κ1) is 15.4. The standard InChI is InChI=1S/C12H13F2N3O3S/c1-7-6-8(2)17(15-7)12(18)16-21(19,20)11-9(13)4-3-5-10(11)14/h3-5,8H,6H2,1-2H3,(H,16,18). The average Bonchev–Trinajstić information content (AvgIpc) is 2.67. The van der Waals surface area contributed by atoms with Gasteiger partial charge in [0.25, 0.3) is 10.0 Å². The highest BCUT2D eigenvalue weighted by Gasteiger charge is 2.32. The number of hydrogen-bond acceptors (Lipinski definition) is 4. The summed E-state index contributed by atoms with van der Waals surface area (Å²) in [5, 5.41) is 4.81. The maximum absolute atomic E-state index is 13.5. The van der Waals surface area contributed by atoms with Crippen molar-refractivity contribution in [2.24, 2.45) is 5.10 Å². The molecule has 21 heavy (non-hydrogen) atoms. The quantitative estimate of drug-likeness (QED) is 0.904. The fourth-order valence-electron chi connectivity index (χ4n) is 2.03. The van der Waals surface area contributed by atoms with Crippen LogP contribution in [0.15, 0.2) is 28.2 Å². The molecule has 0 aliphatic carbocycles. The van der Waals surface area contributed by atoms with Crippen LogP contribution < -0.4 is 4.72 Å². The van der Waals surface area contributed by atoms with Crippen molar-refractivity contribution < 1.29 is 22.0 Å². The molecule has 1 N–H and O–H groups in total. The van der Waals surface area contributed by atoms with Crippen molar-refractivity contribution in [3.63, 3.8) is 0 Å². The first-order valence-electron chi connectivity index (χ1n) is 6.06. The summed E-state index contributed by atoms with van der Waals surface area (Å²) in [6.45, 7) is 3.37. The third-order valence-electron chi connectivity index (χ3n) is 2.90. The van der Waals surface area contributed by atoms with Crippen molar-refractivity contribution in [1.29, 1.82) is 0 Å². The first-order valence-corrected chi connectivity index (χ1v) is 7.55. The molecule has 1 aliphatic heterocycles. The highest BCUT2D eigenvalue weighted by atomic mass is 32.2. The highest BCUT2D eigenvalue weighted by Crippen LogP contribution is 2.20. The summed E-state index contributed by atoms with van der Waals surface area (Å²) in [7, 11) is -4.66. The van der Waals surface area contributed by atoms with Gasteiger partial charge < -0.3 is 0 Å². The lowest BCUT2D eigenvalue weighted by Gasteiger charge is -2.18. The predicted octanol–water partition coefficient (Wildman–Crippen LogP) is 1.83. The van der Waals surface area contributed by atoms with Crippen LogP contribution in [-0.2, 0) is 10.0 Å². The molecule has 0 radical (unpaired) electrons. The lowest BCUT2D eigenvalue weighted by Crippen LogP contribution is -2.42. The maximum Gasteiger partial charge on any atom is 0.351 e. The topological polar surface area (TPSA) is 78.8 Å². The second-order valence-electron chi connectivity index (χ2n) is 4.69. The predicted molar refractivity (Wildman–Crippen MR) is 71.1 cm³/mol. The van der Waals surface area contributed by atoms with Gasteiger partial charge in [-0.1, -0.05) is 6.07 Å². The van der Waals surface area contributed by atoms with Crippen molar-refractivity contribution in [2.45, 2.75) is 31.2 Å². The van der Waals surface area contributed by atoms with E-state index in [0.717, 1.165) is 23.2 Å². The van der Waals surface area contributed by atoms with Crippen molar-refractivity contribution >= 4 is 21.8 Å². The van der Waals surface area contributed by atoms with E-state index in [0.29, 0.717) is 12.1 Å². The third kappa shape index (κ3) is 3.02. The molecule has 6 nitrogen and oxygen atoms in total. The van der Waals surface area contributed by atoms with Crippen LogP contribution in [0.1, 0.15) is 20.3 Å². The molecule has 114 valence electrons. The van der Waals surface area contributed by atoms with Crippen LogP contribution in [0.5, 0.6) is 0 Å². The van der Waals surface area contributed by atoms with Crippen LogP contribution in [0, 0.1) is 11.6 Å². The Bertz CT molecular complexity index is 698. The Morgan fingerprint density at radius 1 is 1.38 bits per heavy atom. The minimum Gasteiger partial charge on any atom is -0.246 e. The molecule has 1 aromatic rings. The molecule has 0 spiro atoms. The summed E-state index contributed by atoms with van der Waals surface area (Å²) in [4.78, 5) is 10.7. The van der Waals surface area contributed by atoms with Crippen LogP contribution in [0.2, 0.25) is 0 Å². The molecule has 0 saturated heterocycles. The maximum atomic E-state index is 13.5. The van der Waals surface area contributed by atoms with Crippen LogP contribution in [0.3, 0.4) is 0 Å². The Hall–Kier alpha value is -2.03. The Morgan fingerprint density at radius 2 is 1.95 bits per heavy atom. The second-order valence-corrected chi connectivity index (χ2v) is 6.31. The van der Waals surface area contributed by atoms with Gasteiger partial charge in [-0.15, -0.1) is 0 Å². The summed E-state index contributed by atoms with van der Waals surface area (Å²) in [5.41, 5.74) is 0.659. The fourth-order valence-corrected chi connectivity index (χ4v) is 3.11. The molecular weight excluding hydrogens is 304 g/mol. The Labute approximate surface area is 120 Å². The van der Waals surface area contributed by atoms with E-state index in [1.165, 1.54) is 0 Å². The number of carbonyl (C=O) groups is 1. The molecule has 2 amide bonds. The Kier molecular flexibility index (Phi) is 3.95. The van der Waals surface area contributed by atoms with Crippen molar-refractivity contribution in [3.05, 3.63) is 29.8 Å². The van der Waals surface area contributed by atoms with E-state index in [4.69, 9.17) is 0 Å². The number of nitrogens with zero attached hydrogens (tertiary/aromatic N) is 2. The van der Waals surface area contributed by atoms with E-state index in [1.54, 1.807) is 18.6 Å². The van der Waals surface area contributed by atoms with Crippen molar-refractivity contribution in [1.82, 2.24) is 9.73 Å². The van der Waals surface area contributed by atoms with Gasteiger partial charge in [0.15, 0.2) is 4.90 Å². The van der Waals surface area contributed by atoms with Crippen LogP contribution >= 0.6 is 0 Å². The number of benzene rings is 1. The van der Waals surface area contributed by atoms with Crippen LogP contribution in [0.4, 0.5) is 13.6 Å².